The van der Waals surface area contributed by atoms with E-state index in [1.807, 2.05) is 0 Å². The minimum absolute atomic E-state index is 0.0649. The summed E-state index contributed by atoms with van der Waals surface area (Å²) >= 11 is 5.86. The Kier molecular flexibility index (Phi) is 5.55. The molecule has 0 bridgehead atoms. The Hall–Kier alpha value is -3.79. The summed E-state index contributed by atoms with van der Waals surface area (Å²) in [6, 6.07) is 9.59. The van der Waals surface area contributed by atoms with E-state index in [1.165, 1.54) is 18.2 Å². The molecule has 0 saturated heterocycles. The summed E-state index contributed by atoms with van der Waals surface area (Å²) in [5.74, 6) is -2.95. The van der Waals surface area contributed by atoms with Gasteiger partial charge in [0, 0.05) is 12.1 Å². The van der Waals surface area contributed by atoms with E-state index in [0.29, 0.717) is 0 Å². The van der Waals surface area contributed by atoms with E-state index < -0.39 is 41.8 Å². The van der Waals surface area contributed by atoms with Crippen molar-refractivity contribution >= 4 is 46.7 Å². The fourth-order valence-corrected chi connectivity index (χ4v) is 2.83. The van der Waals surface area contributed by atoms with Gasteiger partial charge in [0.2, 0.25) is 0 Å². The Balaban J connectivity index is 1.54. The number of nitro benzene ring substituents is 1. The fraction of sp³-hybridized carbons (Fsp3) is 0.111. The molecule has 0 radical (unpaired) electrons. The summed E-state index contributed by atoms with van der Waals surface area (Å²) < 4.78 is 4.79. The first kappa shape index (κ1) is 20.0. The Bertz CT molecular complexity index is 1020. The number of imide groups is 1. The van der Waals surface area contributed by atoms with Crippen LogP contribution in [0.1, 0.15) is 20.7 Å². The summed E-state index contributed by atoms with van der Waals surface area (Å²) in [6.07, 6.45) is 0. The van der Waals surface area contributed by atoms with Crippen molar-refractivity contribution in [2.45, 2.75) is 0 Å². The van der Waals surface area contributed by atoms with Crippen molar-refractivity contribution in [2.75, 3.05) is 18.5 Å². The highest BCUT2D eigenvalue weighted by Gasteiger charge is 2.36. The van der Waals surface area contributed by atoms with Crippen LogP contribution in [0.2, 0.25) is 5.02 Å². The standard InChI is InChI=1S/C18H12ClN3O7/c19-13-7-10(22(27)28)5-6-14(13)20-15(23)9-29-16(24)8-21-17(25)11-3-1-2-4-12(11)18(21)26/h1-7H,8-9H2,(H,20,23). The number of rotatable bonds is 6. The maximum Gasteiger partial charge on any atom is 0.326 e. The lowest BCUT2D eigenvalue weighted by Gasteiger charge is -2.13. The van der Waals surface area contributed by atoms with E-state index in [-0.39, 0.29) is 27.5 Å². The van der Waals surface area contributed by atoms with Crippen LogP contribution in [0, 0.1) is 10.1 Å². The Morgan fingerprint density at radius 1 is 1.10 bits per heavy atom. The van der Waals surface area contributed by atoms with Gasteiger partial charge in [-0.15, -0.1) is 0 Å². The molecule has 1 N–H and O–H groups in total. The molecular weight excluding hydrogens is 406 g/mol. The van der Waals surface area contributed by atoms with Crippen LogP contribution in [0.3, 0.4) is 0 Å². The Labute approximate surface area is 168 Å². The summed E-state index contributed by atoms with van der Waals surface area (Å²) in [6.45, 7) is -1.34. The van der Waals surface area contributed by atoms with E-state index in [9.17, 15) is 29.3 Å². The zero-order valence-electron chi connectivity index (χ0n) is 14.6. The SMILES string of the molecule is O=C(COC(=O)CN1C(=O)c2ccccc2C1=O)Nc1ccc([N+](=O)[O-])cc1Cl. The number of fused-ring (bicyclic) bond motifs is 1. The average Bonchev–Trinajstić information content (AvgIpc) is 2.93. The monoisotopic (exact) mass is 417 g/mol. The highest BCUT2D eigenvalue weighted by Crippen LogP contribution is 2.26. The molecule has 148 valence electrons. The van der Waals surface area contributed by atoms with E-state index in [1.54, 1.807) is 12.1 Å². The molecule has 29 heavy (non-hydrogen) atoms. The lowest BCUT2D eigenvalue weighted by Crippen LogP contribution is -2.36. The molecule has 3 rings (SSSR count). The molecule has 10 nitrogen and oxygen atoms in total. The molecule has 2 aromatic rings. The van der Waals surface area contributed by atoms with Gasteiger partial charge in [0.1, 0.15) is 6.54 Å². The normalized spacial score (nSPS) is 12.5. The number of nitrogens with one attached hydrogen (secondary N) is 1. The quantitative estimate of drug-likeness (QED) is 0.328. The predicted octanol–water partition coefficient (Wildman–Crippen LogP) is 2.03. The zero-order valence-corrected chi connectivity index (χ0v) is 15.3. The van der Waals surface area contributed by atoms with Crippen LogP contribution >= 0.6 is 11.6 Å². The number of esters is 1. The van der Waals surface area contributed by atoms with E-state index in [4.69, 9.17) is 16.3 Å². The van der Waals surface area contributed by atoms with E-state index in [0.717, 1.165) is 17.0 Å². The number of hydrogen-bond donors (Lipinski definition) is 1. The molecule has 3 amide bonds. The van der Waals surface area contributed by atoms with Crippen LogP contribution in [-0.4, -0.2) is 46.7 Å². The zero-order chi connectivity index (χ0) is 21.1. The summed E-state index contributed by atoms with van der Waals surface area (Å²) in [7, 11) is 0. The lowest BCUT2D eigenvalue weighted by molar-refractivity contribution is -0.384. The van der Waals surface area contributed by atoms with Crippen LogP contribution in [-0.2, 0) is 14.3 Å². The highest BCUT2D eigenvalue weighted by molar-refractivity contribution is 6.34. The number of nitrogens with zero attached hydrogens (tertiary/aromatic N) is 2. The molecule has 0 aromatic heterocycles. The summed E-state index contributed by atoms with van der Waals surface area (Å²) in [5, 5.41) is 12.9. The summed E-state index contributed by atoms with van der Waals surface area (Å²) in [5.41, 5.74) is 0.228. The van der Waals surface area contributed by atoms with Gasteiger partial charge in [0.05, 0.1) is 26.8 Å². The molecular formula is C18H12ClN3O7. The highest BCUT2D eigenvalue weighted by atomic mass is 35.5. The van der Waals surface area contributed by atoms with Gasteiger partial charge in [0.15, 0.2) is 6.61 Å². The van der Waals surface area contributed by atoms with Gasteiger partial charge < -0.3 is 10.1 Å². The minimum atomic E-state index is -0.954. The first-order valence-corrected chi connectivity index (χ1v) is 8.50. The number of ether oxygens (including phenoxy) is 1. The van der Waals surface area contributed by atoms with Crippen molar-refractivity contribution in [2.24, 2.45) is 0 Å². The fourth-order valence-electron chi connectivity index (χ4n) is 2.61. The smallest absolute Gasteiger partial charge is 0.326 e. The van der Waals surface area contributed by atoms with Gasteiger partial charge in [-0.3, -0.25) is 34.2 Å². The third-order valence-electron chi connectivity index (χ3n) is 3.97. The Morgan fingerprint density at radius 3 is 2.28 bits per heavy atom. The second kappa shape index (κ2) is 8.07. The second-order valence-electron chi connectivity index (χ2n) is 5.87. The molecule has 0 saturated carbocycles. The van der Waals surface area contributed by atoms with Crippen molar-refractivity contribution in [1.82, 2.24) is 4.90 Å². The molecule has 1 aliphatic rings. The first-order valence-electron chi connectivity index (χ1n) is 8.12. The number of amides is 3. The first-order chi connectivity index (χ1) is 13.8. The minimum Gasteiger partial charge on any atom is -0.454 e. The third kappa shape index (κ3) is 4.22. The molecule has 0 spiro atoms. The second-order valence-corrected chi connectivity index (χ2v) is 6.28. The van der Waals surface area contributed by atoms with Crippen LogP contribution in [0.25, 0.3) is 0 Å². The number of carbonyl (C=O) groups excluding carboxylic acids is 4. The van der Waals surface area contributed by atoms with Gasteiger partial charge in [0.25, 0.3) is 23.4 Å². The van der Waals surface area contributed by atoms with Crippen LogP contribution in [0.4, 0.5) is 11.4 Å². The van der Waals surface area contributed by atoms with Crippen molar-refractivity contribution < 1.29 is 28.8 Å². The topological polar surface area (TPSA) is 136 Å². The molecule has 0 fully saturated rings. The van der Waals surface area contributed by atoms with Gasteiger partial charge in [-0.2, -0.15) is 0 Å². The largest absolute Gasteiger partial charge is 0.454 e. The lowest BCUT2D eigenvalue weighted by atomic mass is 10.1. The van der Waals surface area contributed by atoms with Gasteiger partial charge in [-0.25, -0.2) is 0 Å². The van der Waals surface area contributed by atoms with E-state index in [2.05, 4.69) is 5.32 Å². The van der Waals surface area contributed by atoms with Crippen LogP contribution < -0.4 is 5.32 Å². The van der Waals surface area contributed by atoms with Crippen molar-refractivity contribution in [1.29, 1.82) is 0 Å². The number of halogens is 1. The van der Waals surface area contributed by atoms with Crippen LogP contribution in [0.5, 0.6) is 0 Å². The molecule has 11 heteroatoms. The van der Waals surface area contributed by atoms with Crippen LogP contribution in [0.15, 0.2) is 42.5 Å². The van der Waals surface area contributed by atoms with Crippen molar-refractivity contribution in [3.8, 4) is 0 Å². The summed E-state index contributed by atoms with van der Waals surface area (Å²) in [4.78, 5) is 59.0. The molecule has 0 unspecified atom stereocenters. The maximum absolute atomic E-state index is 12.2. The third-order valence-corrected chi connectivity index (χ3v) is 4.28. The van der Waals surface area contributed by atoms with Crippen molar-refractivity contribution in [3.63, 3.8) is 0 Å². The number of non-ortho nitro benzene ring substituents is 1. The Morgan fingerprint density at radius 2 is 1.72 bits per heavy atom. The maximum atomic E-state index is 12.2. The number of hydrogen-bond acceptors (Lipinski definition) is 7. The number of carbonyl (C=O) groups is 4. The predicted molar refractivity (Wildman–Crippen MR) is 99.5 cm³/mol. The molecule has 0 atom stereocenters. The average molecular weight is 418 g/mol. The van der Waals surface area contributed by atoms with Gasteiger partial charge >= 0.3 is 5.97 Å². The number of nitro groups is 1. The van der Waals surface area contributed by atoms with E-state index >= 15 is 0 Å². The van der Waals surface area contributed by atoms with Gasteiger partial charge in [-0.1, -0.05) is 23.7 Å². The number of anilines is 1. The van der Waals surface area contributed by atoms with Crippen molar-refractivity contribution in [3.05, 3.63) is 68.7 Å². The molecule has 2 aromatic carbocycles. The number of benzene rings is 2. The molecule has 1 aliphatic heterocycles. The van der Waals surface area contributed by atoms with Gasteiger partial charge in [-0.05, 0) is 18.2 Å². The molecule has 1 heterocycles. The molecule has 0 aliphatic carbocycles.